The first-order chi connectivity index (χ1) is 16.3. The molecule has 1 aromatic heterocycles. The van der Waals surface area contributed by atoms with Crippen LogP contribution in [-0.2, 0) is 11.3 Å². The van der Waals surface area contributed by atoms with Crippen molar-refractivity contribution in [3.05, 3.63) is 74.5 Å². The normalized spacial score (nSPS) is 14.3. The molecule has 178 valence electrons. The maximum absolute atomic E-state index is 13.9. The Kier molecular flexibility index (Phi) is 6.71. The van der Waals surface area contributed by atoms with Crippen LogP contribution in [0.2, 0.25) is 0 Å². The zero-order valence-electron chi connectivity index (χ0n) is 18.2. The van der Waals surface area contributed by atoms with Crippen LogP contribution >= 0.6 is 0 Å². The summed E-state index contributed by atoms with van der Waals surface area (Å²) in [6, 6.07) is 9.72. The fraction of sp³-hybridized carbons (Fsp3) is 0.348. The largest absolute Gasteiger partial charge is 0.419 e. The van der Waals surface area contributed by atoms with Gasteiger partial charge in [-0.15, -0.1) is 0 Å². The van der Waals surface area contributed by atoms with Gasteiger partial charge in [-0.2, -0.15) is 0 Å². The number of nitro benzene ring substituents is 1. The molecule has 4 rings (SSSR count). The predicted molar refractivity (Wildman–Crippen MR) is 120 cm³/mol. The summed E-state index contributed by atoms with van der Waals surface area (Å²) in [5.74, 6) is -1.71. The fourth-order valence-corrected chi connectivity index (χ4v) is 4.11. The molecular weight excluding hydrogens is 447 g/mol. The van der Waals surface area contributed by atoms with Crippen molar-refractivity contribution in [1.82, 2.24) is 14.8 Å². The maximum atomic E-state index is 13.9. The summed E-state index contributed by atoms with van der Waals surface area (Å²) in [5, 5.41) is 13.8. The number of rotatable bonds is 7. The van der Waals surface area contributed by atoms with Gasteiger partial charge in [-0.1, -0.05) is 12.1 Å². The van der Waals surface area contributed by atoms with Crippen molar-refractivity contribution in [1.29, 1.82) is 0 Å². The molecular formula is C23H23FN4O6. The first-order valence-electron chi connectivity index (χ1n) is 10.9. The average molecular weight is 470 g/mol. The zero-order chi connectivity index (χ0) is 24.2. The molecule has 10 nitrogen and oxygen atoms in total. The first kappa shape index (κ1) is 23.1. The number of hydrogen-bond donors (Lipinski definition) is 1. The highest BCUT2D eigenvalue weighted by Crippen LogP contribution is 2.20. The Balaban J connectivity index is 1.25. The molecule has 0 saturated carbocycles. The van der Waals surface area contributed by atoms with E-state index in [1.807, 2.05) is 0 Å². The lowest BCUT2D eigenvalue weighted by Gasteiger charge is -2.32. The molecule has 1 aliphatic heterocycles. The van der Waals surface area contributed by atoms with Crippen LogP contribution in [0.5, 0.6) is 0 Å². The summed E-state index contributed by atoms with van der Waals surface area (Å²) in [6.45, 7) is 1.06. The van der Waals surface area contributed by atoms with Crippen LogP contribution in [0.3, 0.4) is 0 Å². The lowest BCUT2D eigenvalue weighted by atomic mass is 10.0. The minimum Gasteiger partial charge on any atom is -0.407 e. The van der Waals surface area contributed by atoms with Crippen LogP contribution in [-0.4, -0.2) is 45.3 Å². The summed E-state index contributed by atoms with van der Waals surface area (Å²) in [6.07, 6.45) is 1.69. The standard InChI is InChI=1S/C23H23FN4O6/c24-18-5-2-1-4-17(18)22(30)26-12-9-15(10-13-26)25-21(29)6-3-11-27-19-8-7-16(28(32)33)14-20(19)34-23(27)31/h1-2,4-5,7-8,14-15H,3,6,9-13H2,(H,25,29). The second-order valence-corrected chi connectivity index (χ2v) is 8.15. The summed E-state index contributed by atoms with van der Waals surface area (Å²) in [4.78, 5) is 48.9. The van der Waals surface area contributed by atoms with Crippen molar-refractivity contribution in [3.63, 3.8) is 0 Å². The molecule has 2 amide bonds. The van der Waals surface area contributed by atoms with Crippen LogP contribution in [0, 0.1) is 15.9 Å². The number of nitrogens with zero attached hydrogens (tertiary/aromatic N) is 3. The van der Waals surface area contributed by atoms with Gasteiger partial charge in [0.05, 0.1) is 22.1 Å². The van der Waals surface area contributed by atoms with E-state index in [0.29, 0.717) is 37.9 Å². The number of fused-ring (bicyclic) bond motifs is 1. The second kappa shape index (κ2) is 9.86. The number of hydrogen-bond acceptors (Lipinski definition) is 6. The van der Waals surface area contributed by atoms with Crippen LogP contribution in [0.4, 0.5) is 10.1 Å². The zero-order valence-corrected chi connectivity index (χ0v) is 18.2. The lowest BCUT2D eigenvalue weighted by Crippen LogP contribution is -2.46. The molecule has 0 aliphatic carbocycles. The quantitative estimate of drug-likeness (QED) is 0.418. The first-order valence-corrected chi connectivity index (χ1v) is 10.9. The number of piperidine rings is 1. The average Bonchev–Trinajstić information content (AvgIpc) is 3.13. The number of amides is 2. The van der Waals surface area contributed by atoms with E-state index in [4.69, 9.17) is 4.42 Å². The predicted octanol–water partition coefficient (Wildman–Crippen LogP) is 2.84. The summed E-state index contributed by atoms with van der Waals surface area (Å²) in [7, 11) is 0. The van der Waals surface area contributed by atoms with Crippen molar-refractivity contribution in [3.8, 4) is 0 Å². The number of aromatic nitrogens is 1. The van der Waals surface area contributed by atoms with Crippen molar-refractivity contribution in [2.24, 2.45) is 0 Å². The number of nitro groups is 1. The fourth-order valence-electron chi connectivity index (χ4n) is 4.11. The number of nitrogens with one attached hydrogen (secondary N) is 1. The maximum Gasteiger partial charge on any atom is 0.419 e. The second-order valence-electron chi connectivity index (χ2n) is 8.15. The SMILES string of the molecule is O=C(CCCn1c(=O)oc2cc([N+](=O)[O-])ccc21)NC1CCN(C(=O)c2ccccc2F)CC1. The number of carbonyl (C=O) groups excluding carboxylic acids is 2. The summed E-state index contributed by atoms with van der Waals surface area (Å²) >= 11 is 0. The Morgan fingerprint density at radius 3 is 2.62 bits per heavy atom. The Morgan fingerprint density at radius 2 is 1.91 bits per heavy atom. The third-order valence-corrected chi connectivity index (χ3v) is 5.90. The van der Waals surface area contributed by atoms with E-state index in [9.17, 15) is 28.9 Å². The Morgan fingerprint density at radius 1 is 1.18 bits per heavy atom. The number of likely N-dealkylation sites (tertiary alicyclic amines) is 1. The monoisotopic (exact) mass is 470 g/mol. The molecule has 1 aliphatic rings. The molecule has 34 heavy (non-hydrogen) atoms. The third-order valence-electron chi connectivity index (χ3n) is 5.90. The van der Waals surface area contributed by atoms with E-state index in [1.54, 1.807) is 11.0 Å². The number of carbonyl (C=O) groups is 2. The van der Waals surface area contributed by atoms with Crippen molar-refractivity contribution < 1.29 is 23.3 Å². The van der Waals surface area contributed by atoms with E-state index in [2.05, 4.69) is 5.32 Å². The Bertz CT molecular complexity index is 1290. The molecule has 3 aromatic rings. The topological polar surface area (TPSA) is 128 Å². The molecule has 0 atom stereocenters. The van der Waals surface area contributed by atoms with Gasteiger partial charge in [0.1, 0.15) is 5.82 Å². The van der Waals surface area contributed by atoms with Crippen molar-refractivity contribution >= 4 is 28.6 Å². The van der Waals surface area contributed by atoms with Gasteiger partial charge in [0.15, 0.2) is 5.58 Å². The molecule has 0 spiro atoms. The number of oxazole rings is 1. The highest BCUT2D eigenvalue weighted by atomic mass is 19.1. The van der Waals surface area contributed by atoms with Crippen LogP contribution < -0.4 is 11.1 Å². The Hall–Kier alpha value is -4.02. The van der Waals surface area contributed by atoms with Crippen molar-refractivity contribution in [2.45, 2.75) is 38.3 Å². The number of benzene rings is 2. The smallest absolute Gasteiger partial charge is 0.407 e. The highest BCUT2D eigenvalue weighted by Gasteiger charge is 2.26. The van der Waals surface area contributed by atoms with E-state index in [-0.39, 0.29) is 47.7 Å². The molecule has 1 fully saturated rings. The lowest BCUT2D eigenvalue weighted by molar-refractivity contribution is -0.384. The van der Waals surface area contributed by atoms with Gasteiger partial charge in [0.25, 0.3) is 11.6 Å². The van der Waals surface area contributed by atoms with Gasteiger partial charge < -0.3 is 14.6 Å². The van der Waals surface area contributed by atoms with Gasteiger partial charge in [-0.3, -0.25) is 24.3 Å². The van der Waals surface area contributed by atoms with Gasteiger partial charge in [-0.25, -0.2) is 9.18 Å². The highest BCUT2D eigenvalue weighted by molar-refractivity contribution is 5.94. The van der Waals surface area contributed by atoms with Gasteiger partial charge in [-0.05, 0) is 37.5 Å². The van der Waals surface area contributed by atoms with E-state index in [1.165, 1.54) is 41.0 Å². The summed E-state index contributed by atoms with van der Waals surface area (Å²) < 4.78 is 20.3. The molecule has 2 heterocycles. The molecule has 2 aromatic carbocycles. The molecule has 11 heteroatoms. The van der Waals surface area contributed by atoms with Crippen molar-refractivity contribution in [2.75, 3.05) is 13.1 Å². The number of non-ortho nitro benzene ring substituents is 1. The minimum atomic E-state index is -0.636. The number of halogens is 1. The molecule has 0 bridgehead atoms. The van der Waals surface area contributed by atoms with E-state index in [0.717, 1.165) is 0 Å². The molecule has 1 saturated heterocycles. The van der Waals surface area contributed by atoms with E-state index >= 15 is 0 Å². The van der Waals surface area contributed by atoms with Crippen LogP contribution in [0.15, 0.2) is 51.7 Å². The summed E-state index contributed by atoms with van der Waals surface area (Å²) in [5.41, 5.74) is 0.430. The molecule has 0 radical (unpaired) electrons. The van der Waals surface area contributed by atoms with Gasteiger partial charge in [0.2, 0.25) is 5.91 Å². The molecule has 1 N–H and O–H groups in total. The third kappa shape index (κ3) is 4.98. The van der Waals surface area contributed by atoms with Crippen LogP contribution in [0.25, 0.3) is 11.1 Å². The molecule has 0 unspecified atom stereocenters. The van der Waals surface area contributed by atoms with Crippen LogP contribution in [0.1, 0.15) is 36.0 Å². The van der Waals surface area contributed by atoms with E-state index < -0.39 is 16.5 Å². The minimum absolute atomic E-state index is 0.0432. The number of aryl methyl sites for hydroxylation is 1. The van der Waals surface area contributed by atoms with Gasteiger partial charge >= 0.3 is 5.76 Å². The van der Waals surface area contributed by atoms with Gasteiger partial charge in [0, 0.05) is 38.2 Å². The Labute approximate surface area is 193 Å².